The summed E-state index contributed by atoms with van der Waals surface area (Å²) in [5.74, 6) is -0.821. The molecule has 0 aromatic rings. The molecule has 0 aliphatic heterocycles. The average Bonchev–Trinajstić information content (AvgIpc) is 2.43. The minimum absolute atomic E-state index is 0.0786. The molecule has 0 unspecified atom stereocenters. The zero-order valence-electron chi connectivity index (χ0n) is 14.8. The van der Waals surface area contributed by atoms with Gasteiger partial charge < -0.3 is 15.7 Å². The molecule has 3 N–H and O–H groups in total. The molecule has 6 heteroatoms. The third-order valence-electron chi connectivity index (χ3n) is 4.02. The topological polar surface area (TPSA) is 86.9 Å². The van der Waals surface area contributed by atoms with Crippen molar-refractivity contribution in [3.8, 4) is 0 Å². The molecule has 0 aromatic heterocycles. The number of likely N-dealkylation sites (N-methyl/N-ethyl adjacent to an activating group) is 1. The highest BCUT2D eigenvalue weighted by molar-refractivity contribution is 5.75. The summed E-state index contributed by atoms with van der Waals surface area (Å²) >= 11 is 0. The van der Waals surface area contributed by atoms with Gasteiger partial charge in [0.05, 0.1) is 0 Å². The Bertz CT molecular complexity index is 353. The average molecular weight is 315 g/mol. The number of nitrogens with two attached hydrogens (primary N) is 1. The lowest BCUT2D eigenvalue weighted by atomic mass is 10.1. The quantitative estimate of drug-likeness (QED) is 0.597. The fourth-order valence-corrected chi connectivity index (χ4v) is 1.98. The van der Waals surface area contributed by atoms with Crippen LogP contribution >= 0.6 is 0 Å². The van der Waals surface area contributed by atoms with Gasteiger partial charge in [0.15, 0.2) is 0 Å². The Kier molecular flexibility index (Phi) is 9.28. The minimum Gasteiger partial charge on any atom is -0.480 e. The normalized spacial score (nSPS) is 13.2. The highest BCUT2D eigenvalue weighted by Gasteiger charge is 2.19. The molecule has 0 heterocycles. The molecule has 0 spiro atoms. The molecule has 130 valence electrons. The van der Waals surface area contributed by atoms with E-state index in [4.69, 9.17) is 10.8 Å². The lowest BCUT2D eigenvalue weighted by Gasteiger charge is -2.34. The minimum atomic E-state index is -0.965. The maximum absolute atomic E-state index is 12.0. The van der Waals surface area contributed by atoms with E-state index >= 15 is 0 Å². The molecular weight excluding hydrogens is 282 g/mol. The molecule has 0 fully saturated rings. The van der Waals surface area contributed by atoms with Crippen LogP contribution in [0.25, 0.3) is 0 Å². The zero-order chi connectivity index (χ0) is 17.3. The fraction of sp³-hybridized carbons (Fsp3) is 0.875. The molecule has 22 heavy (non-hydrogen) atoms. The van der Waals surface area contributed by atoms with Crippen molar-refractivity contribution < 1.29 is 14.7 Å². The van der Waals surface area contributed by atoms with Gasteiger partial charge in [-0.25, -0.2) is 0 Å². The van der Waals surface area contributed by atoms with Crippen LogP contribution in [-0.2, 0) is 9.59 Å². The van der Waals surface area contributed by atoms with Gasteiger partial charge in [-0.15, -0.1) is 0 Å². The Morgan fingerprint density at radius 3 is 2.18 bits per heavy atom. The van der Waals surface area contributed by atoms with Crippen molar-refractivity contribution in [1.82, 2.24) is 9.80 Å². The number of carboxylic acid groups (broad SMARTS) is 1. The molecule has 0 aliphatic rings. The molecule has 0 aromatic carbocycles. The van der Waals surface area contributed by atoms with E-state index in [-0.39, 0.29) is 11.4 Å². The Morgan fingerprint density at radius 1 is 1.14 bits per heavy atom. The number of carbonyl (C=O) groups excluding carboxylic acids is 1. The first-order chi connectivity index (χ1) is 10.1. The van der Waals surface area contributed by atoms with Crippen LogP contribution in [0.15, 0.2) is 0 Å². The van der Waals surface area contributed by atoms with Gasteiger partial charge in [0.2, 0.25) is 5.91 Å². The van der Waals surface area contributed by atoms with Crippen molar-refractivity contribution in [2.75, 3.05) is 26.7 Å². The summed E-state index contributed by atoms with van der Waals surface area (Å²) in [6.45, 7) is 10.5. The maximum Gasteiger partial charge on any atom is 0.320 e. The smallest absolute Gasteiger partial charge is 0.320 e. The third-order valence-corrected chi connectivity index (χ3v) is 4.02. The molecule has 0 aliphatic carbocycles. The second-order valence-corrected chi connectivity index (χ2v) is 6.77. The van der Waals surface area contributed by atoms with Crippen LogP contribution in [0.1, 0.15) is 53.4 Å². The number of hydrogen-bond donors (Lipinski definition) is 2. The van der Waals surface area contributed by atoms with Crippen molar-refractivity contribution in [2.45, 2.75) is 65.0 Å². The summed E-state index contributed by atoms with van der Waals surface area (Å²) in [6, 6.07) is -0.803. The van der Waals surface area contributed by atoms with Gasteiger partial charge in [0.25, 0.3) is 0 Å². The number of carboxylic acids is 1. The number of nitrogens with zero attached hydrogens (tertiary/aromatic N) is 2. The first-order valence-corrected chi connectivity index (χ1v) is 8.07. The number of unbranched alkanes of at least 4 members (excludes halogenated alkanes) is 1. The molecule has 6 nitrogen and oxygen atoms in total. The van der Waals surface area contributed by atoms with Crippen molar-refractivity contribution in [3.63, 3.8) is 0 Å². The van der Waals surface area contributed by atoms with Crippen LogP contribution in [0.4, 0.5) is 0 Å². The summed E-state index contributed by atoms with van der Waals surface area (Å²) in [5, 5.41) is 8.74. The van der Waals surface area contributed by atoms with Gasteiger partial charge >= 0.3 is 5.97 Å². The predicted molar refractivity (Wildman–Crippen MR) is 88.7 cm³/mol. The van der Waals surface area contributed by atoms with E-state index in [1.807, 2.05) is 11.8 Å². The first kappa shape index (κ1) is 20.9. The Balaban J connectivity index is 4.25. The molecule has 0 saturated carbocycles. The Morgan fingerprint density at radius 2 is 1.73 bits per heavy atom. The largest absolute Gasteiger partial charge is 0.480 e. The van der Waals surface area contributed by atoms with Gasteiger partial charge in [0.1, 0.15) is 6.04 Å². The maximum atomic E-state index is 12.0. The number of aliphatic carboxylic acids is 1. The van der Waals surface area contributed by atoms with Crippen LogP contribution < -0.4 is 5.73 Å². The SMILES string of the molecule is CCC(=O)N(CCCC[C@H](N)C(=O)O)CCN(C)C(C)(C)C. The van der Waals surface area contributed by atoms with E-state index in [9.17, 15) is 9.59 Å². The van der Waals surface area contributed by atoms with Gasteiger partial charge in [0, 0.05) is 31.6 Å². The molecule has 0 radical (unpaired) electrons. The summed E-state index contributed by atoms with van der Waals surface area (Å²) in [5.41, 5.74) is 5.56. The van der Waals surface area contributed by atoms with Crippen molar-refractivity contribution in [3.05, 3.63) is 0 Å². The highest BCUT2D eigenvalue weighted by Crippen LogP contribution is 2.10. The van der Waals surface area contributed by atoms with Crippen molar-refractivity contribution in [1.29, 1.82) is 0 Å². The van der Waals surface area contributed by atoms with Crippen LogP contribution in [0.5, 0.6) is 0 Å². The van der Waals surface area contributed by atoms with E-state index in [1.54, 1.807) is 0 Å². The third kappa shape index (κ3) is 8.34. The van der Waals surface area contributed by atoms with Gasteiger partial charge in [-0.1, -0.05) is 6.92 Å². The van der Waals surface area contributed by atoms with E-state index < -0.39 is 12.0 Å². The monoisotopic (exact) mass is 315 g/mol. The predicted octanol–water partition coefficient (Wildman–Crippen LogP) is 1.54. The number of amides is 1. The highest BCUT2D eigenvalue weighted by atomic mass is 16.4. The summed E-state index contributed by atoms with van der Waals surface area (Å²) in [6.07, 6.45) is 2.45. The van der Waals surface area contributed by atoms with Gasteiger partial charge in [-0.2, -0.15) is 0 Å². The van der Waals surface area contributed by atoms with Crippen LogP contribution in [0.3, 0.4) is 0 Å². The lowest BCUT2D eigenvalue weighted by Crippen LogP contribution is -2.44. The van der Waals surface area contributed by atoms with E-state index in [2.05, 4.69) is 32.7 Å². The first-order valence-electron chi connectivity index (χ1n) is 8.07. The number of carbonyl (C=O) groups is 2. The fourth-order valence-electron chi connectivity index (χ4n) is 1.98. The Labute approximate surface area is 134 Å². The molecule has 1 atom stereocenters. The summed E-state index contributed by atoms with van der Waals surface area (Å²) in [7, 11) is 2.06. The summed E-state index contributed by atoms with van der Waals surface area (Å²) in [4.78, 5) is 26.8. The van der Waals surface area contributed by atoms with Crippen LogP contribution in [0.2, 0.25) is 0 Å². The van der Waals surface area contributed by atoms with E-state index in [0.717, 1.165) is 19.4 Å². The van der Waals surface area contributed by atoms with Crippen LogP contribution in [0, 0.1) is 0 Å². The van der Waals surface area contributed by atoms with Crippen LogP contribution in [-0.4, -0.2) is 65.0 Å². The zero-order valence-corrected chi connectivity index (χ0v) is 14.8. The Hall–Kier alpha value is -1.14. The second kappa shape index (κ2) is 9.79. The molecule has 0 saturated heterocycles. The summed E-state index contributed by atoms with van der Waals surface area (Å²) < 4.78 is 0. The molecule has 0 rings (SSSR count). The molecule has 0 bridgehead atoms. The number of rotatable bonds is 10. The standard InChI is InChI=1S/C16H33N3O3/c1-6-14(20)19(12-11-18(5)16(2,3)4)10-8-7-9-13(17)15(21)22/h13H,6-12,17H2,1-5H3,(H,21,22)/t13-/m0/s1. The lowest BCUT2D eigenvalue weighted by molar-refractivity contribution is -0.138. The van der Waals surface area contributed by atoms with Crippen molar-refractivity contribution >= 4 is 11.9 Å². The molecular formula is C16H33N3O3. The van der Waals surface area contributed by atoms with E-state index in [0.29, 0.717) is 25.9 Å². The van der Waals surface area contributed by atoms with Gasteiger partial charge in [-0.05, 0) is 47.1 Å². The second-order valence-electron chi connectivity index (χ2n) is 6.77. The number of hydrogen-bond acceptors (Lipinski definition) is 4. The van der Waals surface area contributed by atoms with Gasteiger partial charge in [-0.3, -0.25) is 14.5 Å². The molecule has 1 amide bonds. The van der Waals surface area contributed by atoms with E-state index in [1.165, 1.54) is 0 Å². The van der Waals surface area contributed by atoms with Crippen molar-refractivity contribution in [2.24, 2.45) is 5.73 Å².